The summed E-state index contributed by atoms with van der Waals surface area (Å²) in [5.41, 5.74) is 2.79. The Hall–Kier alpha value is -1.80. The molecule has 4 rings (SSSR count). The molecule has 0 aliphatic heterocycles. The van der Waals surface area contributed by atoms with Gasteiger partial charge in [-0.05, 0) is 48.4 Å². The molecule has 0 bridgehead atoms. The first kappa shape index (κ1) is 19.5. The zero-order valence-corrected chi connectivity index (χ0v) is 18.5. The second-order valence-corrected chi connectivity index (χ2v) is 8.77. The van der Waals surface area contributed by atoms with Crippen LogP contribution in [0.5, 0.6) is 0 Å². The lowest BCUT2D eigenvalue weighted by Gasteiger charge is -2.10. The lowest BCUT2D eigenvalue weighted by Crippen LogP contribution is -2.21. The lowest BCUT2D eigenvalue weighted by molar-refractivity contribution is 0.890. The van der Waals surface area contributed by atoms with Gasteiger partial charge in [0.2, 0.25) is 5.65 Å². The molecule has 28 heavy (non-hydrogen) atoms. The third kappa shape index (κ3) is 3.72. The summed E-state index contributed by atoms with van der Waals surface area (Å²) in [4.78, 5) is 12.9. The molecule has 2 heterocycles. The smallest absolute Gasteiger partial charge is 0.279 e. The quantitative estimate of drug-likeness (QED) is 0.348. The molecule has 0 aliphatic rings. The molecule has 2 aromatic carbocycles. The Morgan fingerprint density at radius 1 is 1.11 bits per heavy atom. The number of thioether (sulfide) groups is 1. The lowest BCUT2D eigenvalue weighted by atomic mass is 10.2. The number of fused-ring (bicyclic) bond motifs is 1. The Morgan fingerprint density at radius 3 is 2.61 bits per heavy atom. The summed E-state index contributed by atoms with van der Waals surface area (Å²) in [6.07, 6.45) is 3.53. The number of aromatic nitrogens is 4. The van der Waals surface area contributed by atoms with E-state index in [4.69, 9.17) is 23.2 Å². The van der Waals surface area contributed by atoms with Crippen LogP contribution in [0.25, 0.3) is 11.3 Å². The third-order valence-electron chi connectivity index (χ3n) is 4.23. The van der Waals surface area contributed by atoms with E-state index in [1.807, 2.05) is 37.3 Å². The molecule has 0 fully saturated rings. The number of halogens is 3. The molecule has 0 saturated heterocycles. The van der Waals surface area contributed by atoms with Gasteiger partial charge in [-0.3, -0.25) is 13.8 Å². The highest BCUT2D eigenvalue weighted by Crippen LogP contribution is 2.26. The van der Waals surface area contributed by atoms with E-state index in [2.05, 4.69) is 26.1 Å². The minimum Gasteiger partial charge on any atom is -0.279 e. The summed E-state index contributed by atoms with van der Waals surface area (Å²) in [5, 5.41) is 10.1. The normalized spacial score (nSPS) is 11.3. The van der Waals surface area contributed by atoms with E-state index in [-0.39, 0.29) is 11.2 Å². The van der Waals surface area contributed by atoms with Crippen molar-refractivity contribution in [1.29, 1.82) is 0 Å². The Balaban J connectivity index is 1.69. The number of rotatable bonds is 4. The first-order valence-corrected chi connectivity index (χ1v) is 10.8. The van der Waals surface area contributed by atoms with Crippen molar-refractivity contribution in [2.24, 2.45) is 0 Å². The summed E-state index contributed by atoms with van der Waals surface area (Å²) < 4.78 is 4.22. The molecule has 0 spiro atoms. The van der Waals surface area contributed by atoms with Crippen LogP contribution in [0.4, 0.5) is 0 Å². The van der Waals surface area contributed by atoms with Crippen LogP contribution >= 0.6 is 50.9 Å². The Labute approximate surface area is 183 Å². The van der Waals surface area contributed by atoms with Crippen molar-refractivity contribution in [2.45, 2.75) is 17.8 Å². The van der Waals surface area contributed by atoms with E-state index in [1.54, 1.807) is 27.4 Å². The minimum atomic E-state index is -0.228. The molecule has 0 atom stereocenters. The highest BCUT2D eigenvalue weighted by molar-refractivity contribution is 9.10. The van der Waals surface area contributed by atoms with Crippen LogP contribution in [0.15, 0.2) is 63.2 Å². The molecular weight excluding hydrogens is 483 g/mol. The van der Waals surface area contributed by atoms with Crippen LogP contribution in [0, 0.1) is 6.92 Å². The number of hydrogen-bond acceptors (Lipinski definition) is 4. The Bertz CT molecular complexity index is 1230. The maximum absolute atomic E-state index is 12.9. The summed E-state index contributed by atoms with van der Waals surface area (Å²) in [6, 6.07) is 11.1. The molecule has 5 nitrogen and oxygen atoms in total. The predicted molar refractivity (Wildman–Crippen MR) is 117 cm³/mol. The van der Waals surface area contributed by atoms with Gasteiger partial charge in [0, 0.05) is 32.7 Å². The second kappa shape index (κ2) is 7.91. The number of hydrogen-bond donors (Lipinski definition) is 0. The van der Waals surface area contributed by atoms with Crippen molar-refractivity contribution >= 4 is 56.5 Å². The van der Waals surface area contributed by atoms with Crippen molar-refractivity contribution in [2.75, 3.05) is 0 Å². The molecule has 4 aromatic rings. The third-order valence-corrected chi connectivity index (χ3v) is 6.54. The number of benzene rings is 2. The zero-order chi connectivity index (χ0) is 19.8. The van der Waals surface area contributed by atoms with Gasteiger partial charge >= 0.3 is 5.56 Å². The van der Waals surface area contributed by atoms with Gasteiger partial charge in [0.05, 0.1) is 5.69 Å². The summed E-state index contributed by atoms with van der Waals surface area (Å²) in [6.45, 7) is 1.96. The van der Waals surface area contributed by atoms with E-state index < -0.39 is 0 Å². The molecule has 9 heteroatoms. The van der Waals surface area contributed by atoms with Crippen LogP contribution in [-0.4, -0.2) is 19.2 Å². The Morgan fingerprint density at radius 2 is 1.86 bits per heavy atom. The molecule has 0 radical (unpaired) electrons. The maximum atomic E-state index is 12.9. The van der Waals surface area contributed by atoms with E-state index in [0.29, 0.717) is 21.0 Å². The number of nitrogens with zero attached hydrogens (tertiary/aromatic N) is 4. The summed E-state index contributed by atoms with van der Waals surface area (Å²) in [5.74, 6) is 0.606. The molecule has 2 aromatic heterocycles. The molecule has 142 valence electrons. The minimum absolute atomic E-state index is 0.228. The fourth-order valence-corrected chi connectivity index (χ4v) is 4.63. The van der Waals surface area contributed by atoms with Gasteiger partial charge in [0.1, 0.15) is 0 Å². The molecule has 0 unspecified atom stereocenters. The fourth-order valence-electron chi connectivity index (χ4n) is 2.85. The molecule has 0 aliphatic carbocycles. The van der Waals surface area contributed by atoms with Crippen molar-refractivity contribution < 1.29 is 0 Å². The van der Waals surface area contributed by atoms with Gasteiger partial charge in [-0.25, -0.2) is 0 Å². The standard InChI is InChI=1S/C19H13BrCl2N4OS/c1-11-15(20)3-2-4-16(11)25-5-6-26-17(18(25)27)23-24-19(26)28-10-12-7-13(21)9-14(22)8-12/h2-9H,10H2,1H3. The average molecular weight is 496 g/mol. The zero-order valence-electron chi connectivity index (χ0n) is 14.6. The average Bonchev–Trinajstić information content (AvgIpc) is 3.06. The van der Waals surface area contributed by atoms with Crippen molar-refractivity contribution in [1.82, 2.24) is 19.2 Å². The van der Waals surface area contributed by atoms with Crippen LogP contribution in [0.2, 0.25) is 10.0 Å². The second-order valence-electron chi connectivity index (χ2n) is 6.10. The highest BCUT2D eigenvalue weighted by atomic mass is 79.9. The predicted octanol–water partition coefficient (Wildman–Crippen LogP) is 5.55. The van der Waals surface area contributed by atoms with E-state index >= 15 is 0 Å². The first-order valence-electron chi connectivity index (χ1n) is 8.23. The highest BCUT2D eigenvalue weighted by Gasteiger charge is 2.14. The van der Waals surface area contributed by atoms with Crippen molar-refractivity contribution in [3.63, 3.8) is 0 Å². The van der Waals surface area contributed by atoms with Gasteiger partial charge < -0.3 is 0 Å². The summed E-state index contributed by atoms with van der Waals surface area (Å²) in [7, 11) is 0. The van der Waals surface area contributed by atoms with E-state index in [0.717, 1.165) is 21.3 Å². The monoisotopic (exact) mass is 494 g/mol. The molecule has 0 amide bonds. The Kier molecular flexibility index (Phi) is 5.51. The van der Waals surface area contributed by atoms with Crippen molar-refractivity contribution in [3.05, 3.63) is 84.8 Å². The van der Waals surface area contributed by atoms with Gasteiger partial charge in [0.15, 0.2) is 5.16 Å². The van der Waals surface area contributed by atoms with Crippen LogP contribution in [0.1, 0.15) is 11.1 Å². The molecule has 0 N–H and O–H groups in total. The van der Waals surface area contributed by atoms with E-state index in [1.165, 1.54) is 11.8 Å². The molecule has 0 saturated carbocycles. The van der Waals surface area contributed by atoms with Gasteiger partial charge in [-0.1, -0.05) is 57.0 Å². The van der Waals surface area contributed by atoms with Gasteiger partial charge in [-0.15, -0.1) is 10.2 Å². The fraction of sp³-hybridized carbons (Fsp3) is 0.105. The van der Waals surface area contributed by atoms with Gasteiger partial charge in [0.25, 0.3) is 0 Å². The first-order chi connectivity index (χ1) is 13.4. The summed E-state index contributed by atoms with van der Waals surface area (Å²) >= 11 is 17.1. The van der Waals surface area contributed by atoms with Crippen LogP contribution in [-0.2, 0) is 5.75 Å². The molecular formula is C19H13BrCl2N4OS. The van der Waals surface area contributed by atoms with Crippen LogP contribution in [0.3, 0.4) is 0 Å². The topological polar surface area (TPSA) is 52.2 Å². The largest absolute Gasteiger partial charge is 0.300 e. The van der Waals surface area contributed by atoms with E-state index in [9.17, 15) is 4.79 Å². The van der Waals surface area contributed by atoms with Gasteiger partial charge in [-0.2, -0.15) is 0 Å². The SMILES string of the molecule is Cc1c(Br)cccc1-n1ccn2c(SCc3cc(Cl)cc(Cl)c3)nnc2c1=O. The van der Waals surface area contributed by atoms with Crippen LogP contribution < -0.4 is 5.56 Å². The maximum Gasteiger partial charge on any atom is 0.300 e. The van der Waals surface area contributed by atoms with Crippen molar-refractivity contribution in [3.8, 4) is 5.69 Å².